The van der Waals surface area contributed by atoms with E-state index in [4.69, 9.17) is 0 Å². The Kier molecular flexibility index (Phi) is 4.70. The second-order valence-corrected chi connectivity index (χ2v) is 12.0. The topological polar surface area (TPSA) is 109 Å². The van der Waals surface area contributed by atoms with Gasteiger partial charge in [-0.25, -0.2) is 25.3 Å². The van der Waals surface area contributed by atoms with Crippen molar-refractivity contribution in [2.75, 3.05) is 43.4 Å². The highest BCUT2D eigenvalue weighted by atomic mass is 32.2. The first kappa shape index (κ1) is 17.1. The SMILES string of the molecule is CCS(=O)(=O)N1CCN(S(=O)(=O)[C@H]2CCS(=O)(=O)C2)CC1. The van der Waals surface area contributed by atoms with Crippen molar-refractivity contribution in [3.05, 3.63) is 0 Å². The van der Waals surface area contributed by atoms with Crippen LogP contribution in [0.3, 0.4) is 0 Å². The smallest absolute Gasteiger partial charge is 0.218 e. The molecule has 0 N–H and O–H groups in total. The summed E-state index contributed by atoms with van der Waals surface area (Å²) in [6.45, 7) is 1.95. The molecule has 0 saturated carbocycles. The lowest BCUT2D eigenvalue weighted by atomic mass is 10.4. The maximum absolute atomic E-state index is 12.4. The predicted octanol–water partition coefficient (Wildman–Crippen LogP) is -1.53. The van der Waals surface area contributed by atoms with Crippen LogP contribution < -0.4 is 0 Å². The van der Waals surface area contributed by atoms with Gasteiger partial charge in [-0.05, 0) is 13.3 Å². The van der Waals surface area contributed by atoms with Crippen LogP contribution in [0.4, 0.5) is 0 Å². The van der Waals surface area contributed by atoms with Gasteiger partial charge in [-0.3, -0.25) is 0 Å². The van der Waals surface area contributed by atoms with Crippen LogP contribution in [0.5, 0.6) is 0 Å². The van der Waals surface area contributed by atoms with Crippen molar-refractivity contribution in [1.82, 2.24) is 8.61 Å². The molecule has 2 fully saturated rings. The fourth-order valence-electron chi connectivity index (χ4n) is 2.59. The van der Waals surface area contributed by atoms with Gasteiger partial charge in [-0.15, -0.1) is 0 Å². The van der Waals surface area contributed by atoms with E-state index < -0.39 is 35.1 Å². The van der Waals surface area contributed by atoms with Gasteiger partial charge in [0.05, 0.1) is 22.5 Å². The van der Waals surface area contributed by atoms with Crippen molar-refractivity contribution >= 4 is 29.9 Å². The highest BCUT2D eigenvalue weighted by molar-refractivity contribution is 7.95. The summed E-state index contributed by atoms with van der Waals surface area (Å²) >= 11 is 0. The molecule has 0 unspecified atom stereocenters. The number of nitrogens with zero attached hydrogens (tertiary/aromatic N) is 2. The van der Waals surface area contributed by atoms with E-state index in [0.29, 0.717) is 0 Å². The van der Waals surface area contributed by atoms with Crippen LogP contribution in [0.2, 0.25) is 0 Å². The van der Waals surface area contributed by atoms with Crippen molar-refractivity contribution in [3.8, 4) is 0 Å². The minimum atomic E-state index is -3.68. The predicted molar refractivity (Wildman–Crippen MR) is 78.6 cm³/mol. The van der Waals surface area contributed by atoms with Gasteiger partial charge in [0.25, 0.3) is 0 Å². The zero-order valence-electron chi connectivity index (χ0n) is 11.8. The fourth-order valence-corrected chi connectivity index (χ4v) is 8.19. The zero-order chi connectivity index (χ0) is 15.9. The molecule has 2 aliphatic heterocycles. The molecule has 0 aliphatic carbocycles. The van der Waals surface area contributed by atoms with Crippen molar-refractivity contribution in [2.24, 2.45) is 0 Å². The molecular formula is C10H20N2O6S3. The molecule has 21 heavy (non-hydrogen) atoms. The van der Waals surface area contributed by atoms with Gasteiger partial charge in [0.2, 0.25) is 20.0 Å². The van der Waals surface area contributed by atoms with Crippen molar-refractivity contribution in [3.63, 3.8) is 0 Å². The lowest BCUT2D eigenvalue weighted by molar-refractivity contribution is 0.271. The van der Waals surface area contributed by atoms with Crippen molar-refractivity contribution < 1.29 is 25.3 Å². The van der Waals surface area contributed by atoms with Crippen LogP contribution >= 0.6 is 0 Å². The fraction of sp³-hybridized carbons (Fsp3) is 1.00. The summed E-state index contributed by atoms with van der Waals surface area (Å²) in [5.74, 6) is -0.440. The van der Waals surface area contributed by atoms with Gasteiger partial charge in [-0.2, -0.15) is 8.61 Å². The summed E-state index contributed by atoms with van der Waals surface area (Å²) in [6.07, 6.45) is 0.123. The maximum Gasteiger partial charge on any atom is 0.218 e. The van der Waals surface area contributed by atoms with Crippen LogP contribution in [0.25, 0.3) is 0 Å². The standard InChI is InChI=1S/C10H20N2O6S3/c1-2-20(15,16)11-4-6-12(7-5-11)21(17,18)10-3-8-19(13,14)9-10/h10H,2-9H2,1H3/t10-/m0/s1. The average Bonchev–Trinajstić information content (AvgIpc) is 2.80. The summed E-state index contributed by atoms with van der Waals surface area (Å²) in [6, 6.07) is 0. The molecule has 2 rings (SSSR count). The third kappa shape index (κ3) is 3.58. The summed E-state index contributed by atoms with van der Waals surface area (Å²) in [5, 5.41) is -0.892. The first-order chi connectivity index (χ1) is 9.58. The highest BCUT2D eigenvalue weighted by Gasteiger charge is 2.41. The zero-order valence-corrected chi connectivity index (χ0v) is 14.3. The van der Waals surface area contributed by atoms with Crippen LogP contribution in [-0.4, -0.2) is 82.6 Å². The molecule has 124 valence electrons. The molecule has 2 heterocycles. The number of sulfonamides is 2. The van der Waals surface area contributed by atoms with Crippen molar-refractivity contribution in [2.45, 2.75) is 18.6 Å². The summed E-state index contributed by atoms with van der Waals surface area (Å²) in [7, 11) is -10.3. The maximum atomic E-state index is 12.4. The lowest BCUT2D eigenvalue weighted by Gasteiger charge is -2.34. The molecule has 0 aromatic rings. The van der Waals surface area contributed by atoms with E-state index in [1.807, 2.05) is 0 Å². The number of piperazine rings is 1. The quantitative estimate of drug-likeness (QED) is 0.602. The van der Waals surface area contributed by atoms with E-state index in [0.717, 1.165) is 0 Å². The first-order valence-corrected chi connectivity index (χ1v) is 11.7. The molecule has 0 spiro atoms. The molecule has 0 radical (unpaired) electrons. The molecule has 0 aromatic carbocycles. The molecule has 2 aliphatic rings. The Morgan fingerprint density at radius 3 is 1.95 bits per heavy atom. The van der Waals surface area contributed by atoms with Gasteiger partial charge in [0.15, 0.2) is 9.84 Å². The van der Waals surface area contributed by atoms with E-state index in [1.54, 1.807) is 6.92 Å². The molecule has 8 nitrogen and oxygen atoms in total. The molecule has 0 aromatic heterocycles. The average molecular weight is 360 g/mol. The Bertz CT molecular complexity index is 689. The number of rotatable bonds is 4. The summed E-state index contributed by atoms with van der Waals surface area (Å²) < 4.78 is 73.6. The minimum Gasteiger partial charge on any atom is -0.229 e. The van der Waals surface area contributed by atoms with Crippen LogP contribution in [0.15, 0.2) is 0 Å². The second kappa shape index (κ2) is 5.76. The second-order valence-electron chi connectivity index (χ2n) is 5.27. The van der Waals surface area contributed by atoms with Crippen LogP contribution in [0.1, 0.15) is 13.3 Å². The van der Waals surface area contributed by atoms with Gasteiger partial charge >= 0.3 is 0 Å². The largest absolute Gasteiger partial charge is 0.229 e. The van der Waals surface area contributed by atoms with E-state index in [-0.39, 0.29) is 49.9 Å². The molecule has 0 bridgehead atoms. The van der Waals surface area contributed by atoms with E-state index in [2.05, 4.69) is 0 Å². The Morgan fingerprint density at radius 1 is 1.00 bits per heavy atom. The number of sulfone groups is 1. The van der Waals surface area contributed by atoms with Gasteiger partial charge < -0.3 is 0 Å². The normalized spacial score (nSPS) is 28.7. The third-order valence-corrected chi connectivity index (χ3v) is 10.1. The van der Waals surface area contributed by atoms with Gasteiger partial charge in [-0.1, -0.05) is 0 Å². The van der Waals surface area contributed by atoms with Crippen LogP contribution in [-0.2, 0) is 29.9 Å². The molecule has 11 heteroatoms. The Morgan fingerprint density at radius 2 is 1.52 bits per heavy atom. The summed E-state index contributed by atoms with van der Waals surface area (Å²) in [5.41, 5.74) is 0. The molecule has 1 atom stereocenters. The molecular weight excluding hydrogens is 340 g/mol. The highest BCUT2D eigenvalue weighted by Crippen LogP contribution is 2.23. The Hall–Kier alpha value is -0.230. The number of hydrogen-bond acceptors (Lipinski definition) is 6. The third-order valence-electron chi connectivity index (χ3n) is 3.93. The van der Waals surface area contributed by atoms with Gasteiger partial charge in [0, 0.05) is 26.2 Å². The minimum absolute atomic E-state index is 0.0133. The van der Waals surface area contributed by atoms with Crippen LogP contribution in [0, 0.1) is 0 Å². The number of hydrogen-bond donors (Lipinski definition) is 0. The van der Waals surface area contributed by atoms with Gasteiger partial charge in [0.1, 0.15) is 0 Å². The Labute approximate surface area is 126 Å². The Balaban J connectivity index is 2.05. The van der Waals surface area contributed by atoms with E-state index >= 15 is 0 Å². The monoisotopic (exact) mass is 360 g/mol. The lowest BCUT2D eigenvalue weighted by Crippen LogP contribution is -2.52. The molecule has 0 amide bonds. The van der Waals surface area contributed by atoms with Crippen molar-refractivity contribution in [1.29, 1.82) is 0 Å². The van der Waals surface area contributed by atoms with E-state index in [1.165, 1.54) is 8.61 Å². The van der Waals surface area contributed by atoms with E-state index in [9.17, 15) is 25.3 Å². The molecule has 2 saturated heterocycles. The first-order valence-electron chi connectivity index (χ1n) is 6.76. The summed E-state index contributed by atoms with van der Waals surface area (Å²) in [4.78, 5) is 0.